The van der Waals surface area contributed by atoms with Crippen molar-refractivity contribution in [2.24, 2.45) is 0 Å². The van der Waals surface area contributed by atoms with E-state index in [0.29, 0.717) is 12.8 Å². The molecule has 2 saturated heterocycles. The molecule has 0 radical (unpaired) electrons. The van der Waals surface area contributed by atoms with Crippen LogP contribution in [0.15, 0.2) is 0 Å². The molecule has 12 unspecified atom stereocenters. The van der Waals surface area contributed by atoms with Gasteiger partial charge in [-0.3, -0.25) is 4.79 Å². The minimum Gasteiger partial charge on any atom is -0.394 e. The Kier molecular flexibility index (Phi) is 46.4. The lowest BCUT2D eigenvalue weighted by Gasteiger charge is -2.46. The van der Waals surface area contributed by atoms with Gasteiger partial charge in [0.25, 0.3) is 0 Å². The second-order valence-corrected chi connectivity index (χ2v) is 23.6. The SMILES string of the molecule is CCCCCCCCCCCCCCCCCCCCCCCCCCCCCCCCC(=O)NC(COC1OC(CO)C(OC2OC(CO)C(O)C(O)C2O)C(O)C1O)C(O)CCCCCCCCCCCCCCC. The zero-order valence-electron chi connectivity index (χ0n) is 49.5. The Bertz CT molecular complexity index is 1300. The molecule has 77 heavy (non-hydrogen) atoms. The monoisotopic (exact) mass is 1100 g/mol. The number of amides is 1. The smallest absolute Gasteiger partial charge is 0.220 e. The van der Waals surface area contributed by atoms with Crippen molar-refractivity contribution in [2.75, 3.05) is 19.8 Å². The van der Waals surface area contributed by atoms with E-state index in [2.05, 4.69) is 19.2 Å². The third-order valence-corrected chi connectivity index (χ3v) is 16.6. The molecule has 14 heteroatoms. The fourth-order valence-electron chi connectivity index (χ4n) is 11.3. The zero-order chi connectivity index (χ0) is 56.0. The minimum absolute atomic E-state index is 0.199. The average molecular weight is 1100 g/mol. The van der Waals surface area contributed by atoms with Crippen LogP contribution in [0.4, 0.5) is 0 Å². The first kappa shape index (κ1) is 72.1. The molecule has 2 aliphatic heterocycles. The topological polar surface area (TPSA) is 228 Å². The van der Waals surface area contributed by atoms with E-state index in [-0.39, 0.29) is 12.5 Å². The summed E-state index contributed by atoms with van der Waals surface area (Å²) in [6, 6.07) is -0.822. The van der Waals surface area contributed by atoms with E-state index in [4.69, 9.17) is 18.9 Å². The summed E-state index contributed by atoms with van der Waals surface area (Å²) in [5.41, 5.74) is 0. The number of carbonyl (C=O) groups excluding carboxylic acids is 1. The number of ether oxygens (including phenoxy) is 4. The standard InChI is InChI=1S/C63H123NO13/c1-3-5-7-9-11-13-15-17-18-19-20-21-22-23-24-25-26-27-28-29-30-31-32-33-35-37-39-41-43-45-47-55(68)64-51(52(67)46-44-42-40-38-36-34-16-14-12-10-8-6-4-2)50-74-62-60(73)58(71)61(54(49-66)76-62)77-63-59(72)57(70)56(69)53(48-65)75-63/h51-54,56-63,65-67,69-73H,3-50H2,1-2H3,(H,64,68). The van der Waals surface area contributed by atoms with Gasteiger partial charge in [0, 0.05) is 6.42 Å². The van der Waals surface area contributed by atoms with E-state index in [0.717, 1.165) is 51.4 Å². The first-order valence-corrected chi connectivity index (χ1v) is 32.8. The van der Waals surface area contributed by atoms with Gasteiger partial charge in [0.1, 0.15) is 48.8 Å². The van der Waals surface area contributed by atoms with Crippen LogP contribution < -0.4 is 5.32 Å². The fraction of sp³-hybridized carbons (Fsp3) is 0.984. The molecule has 0 bridgehead atoms. The lowest BCUT2D eigenvalue weighted by atomic mass is 9.97. The molecule has 2 fully saturated rings. The molecule has 2 aliphatic rings. The first-order valence-electron chi connectivity index (χ1n) is 32.8. The number of aliphatic hydroxyl groups is 8. The number of hydrogen-bond acceptors (Lipinski definition) is 13. The molecule has 2 heterocycles. The highest BCUT2D eigenvalue weighted by molar-refractivity contribution is 5.76. The van der Waals surface area contributed by atoms with Gasteiger partial charge < -0.3 is 65.1 Å². The van der Waals surface area contributed by atoms with Crippen LogP contribution in [0.2, 0.25) is 0 Å². The van der Waals surface area contributed by atoms with Gasteiger partial charge in [0.05, 0.1) is 32.0 Å². The summed E-state index contributed by atoms with van der Waals surface area (Å²) in [4.78, 5) is 13.3. The molecular formula is C63H123NO13. The van der Waals surface area contributed by atoms with Gasteiger partial charge in [-0.15, -0.1) is 0 Å². The summed E-state index contributed by atoms with van der Waals surface area (Å²) in [7, 11) is 0. The van der Waals surface area contributed by atoms with Crippen LogP contribution in [0, 0.1) is 0 Å². The van der Waals surface area contributed by atoms with E-state index >= 15 is 0 Å². The summed E-state index contributed by atoms with van der Waals surface area (Å²) in [5.74, 6) is -0.199. The first-order chi connectivity index (χ1) is 37.6. The summed E-state index contributed by atoms with van der Waals surface area (Å²) in [5, 5.41) is 87.3. The largest absolute Gasteiger partial charge is 0.394 e. The molecule has 1 amide bonds. The van der Waals surface area contributed by atoms with Gasteiger partial charge in [-0.1, -0.05) is 284 Å². The van der Waals surface area contributed by atoms with Crippen molar-refractivity contribution < 1.29 is 64.6 Å². The Balaban J connectivity index is 1.62. The minimum atomic E-state index is -1.78. The number of unbranched alkanes of at least 4 members (excludes halogenated alkanes) is 41. The van der Waals surface area contributed by atoms with E-state index in [9.17, 15) is 45.6 Å². The van der Waals surface area contributed by atoms with Crippen molar-refractivity contribution in [3.63, 3.8) is 0 Å². The number of carbonyl (C=O) groups is 1. The maximum Gasteiger partial charge on any atom is 0.220 e. The molecule has 2 rings (SSSR count). The van der Waals surface area contributed by atoms with Crippen LogP contribution in [-0.2, 0) is 23.7 Å². The number of hydrogen-bond donors (Lipinski definition) is 9. The lowest BCUT2D eigenvalue weighted by molar-refractivity contribution is -0.359. The van der Waals surface area contributed by atoms with Gasteiger partial charge >= 0.3 is 0 Å². The van der Waals surface area contributed by atoms with Gasteiger partial charge in [0.15, 0.2) is 12.6 Å². The van der Waals surface area contributed by atoms with Crippen molar-refractivity contribution in [2.45, 2.75) is 376 Å². The third kappa shape index (κ3) is 34.9. The van der Waals surface area contributed by atoms with E-state index in [1.54, 1.807) is 0 Å². The van der Waals surface area contributed by atoms with Crippen LogP contribution in [0.1, 0.15) is 303 Å². The summed E-state index contributed by atoms with van der Waals surface area (Å²) in [6.07, 6.45) is 39.9. The number of nitrogens with one attached hydrogen (secondary N) is 1. The Hall–Kier alpha value is -1.01. The second-order valence-electron chi connectivity index (χ2n) is 23.6. The fourth-order valence-corrected chi connectivity index (χ4v) is 11.3. The van der Waals surface area contributed by atoms with E-state index < -0.39 is 86.8 Å². The maximum atomic E-state index is 13.3. The molecule has 0 aliphatic carbocycles. The molecule has 0 saturated carbocycles. The highest BCUT2D eigenvalue weighted by atomic mass is 16.7. The predicted molar refractivity (Wildman–Crippen MR) is 309 cm³/mol. The van der Waals surface area contributed by atoms with Crippen molar-refractivity contribution in [3.8, 4) is 0 Å². The molecule has 0 spiro atoms. The number of rotatable bonds is 54. The van der Waals surface area contributed by atoms with Gasteiger partial charge in [-0.05, 0) is 12.8 Å². The molecular weight excluding hydrogens is 979 g/mol. The van der Waals surface area contributed by atoms with Gasteiger partial charge in [-0.25, -0.2) is 0 Å². The second kappa shape index (κ2) is 49.6. The molecule has 9 N–H and O–H groups in total. The number of aliphatic hydroxyl groups excluding tert-OH is 8. The van der Waals surface area contributed by atoms with Crippen molar-refractivity contribution in [1.82, 2.24) is 5.32 Å². The quantitative estimate of drug-likeness (QED) is 0.0259. The highest BCUT2D eigenvalue weighted by Gasteiger charge is 2.51. The van der Waals surface area contributed by atoms with Crippen LogP contribution >= 0.6 is 0 Å². The maximum absolute atomic E-state index is 13.3. The highest BCUT2D eigenvalue weighted by Crippen LogP contribution is 2.30. The van der Waals surface area contributed by atoms with E-state index in [1.165, 1.54) is 225 Å². The van der Waals surface area contributed by atoms with Crippen LogP contribution in [-0.4, -0.2) is 140 Å². The van der Waals surface area contributed by atoms with Crippen molar-refractivity contribution in [1.29, 1.82) is 0 Å². The Morgan fingerprint density at radius 2 is 0.740 bits per heavy atom. The normalized spacial score (nSPS) is 24.6. The summed E-state index contributed by atoms with van der Waals surface area (Å²) < 4.78 is 22.8. The Morgan fingerprint density at radius 3 is 1.10 bits per heavy atom. The molecule has 12 atom stereocenters. The lowest BCUT2D eigenvalue weighted by Crippen LogP contribution is -2.65. The van der Waals surface area contributed by atoms with Gasteiger partial charge in [0.2, 0.25) is 5.91 Å². The Labute approximate surface area is 470 Å². The van der Waals surface area contributed by atoms with Crippen LogP contribution in [0.5, 0.6) is 0 Å². The van der Waals surface area contributed by atoms with Crippen LogP contribution in [0.3, 0.4) is 0 Å². The molecule has 0 aromatic carbocycles. The summed E-state index contributed by atoms with van der Waals surface area (Å²) >= 11 is 0. The average Bonchev–Trinajstić information content (AvgIpc) is 3.44. The van der Waals surface area contributed by atoms with Crippen LogP contribution in [0.25, 0.3) is 0 Å². The Morgan fingerprint density at radius 1 is 0.416 bits per heavy atom. The molecule has 0 aromatic heterocycles. The zero-order valence-corrected chi connectivity index (χ0v) is 49.5. The molecule has 458 valence electrons. The van der Waals surface area contributed by atoms with E-state index in [1.807, 2.05) is 0 Å². The molecule has 0 aromatic rings. The van der Waals surface area contributed by atoms with Crippen molar-refractivity contribution in [3.05, 3.63) is 0 Å². The van der Waals surface area contributed by atoms with Crippen molar-refractivity contribution >= 4 is 5.91 Å². The van der Waals surface area contributed by atoms with Gasteiger partial charge in [-0.2, -0.15) is 0 Å². The summed E-state index contributed by atoms with van der Waals surface area (Å²) in [6.45, 7) is 2.90. The third-order valence-electron chi connectivity index (χ3n) is 16.6. The predicted octanol–water partition coefficient (Wildman–Crippen LogP) is 12.1. The molecule has 14 nitrogen and oxygen atoms in total.